The molecule has 0 aliphatic rings. The van der Waals surface area contributed by atoms with Gasteiger partial charge in [0.05, 0.1) is 23.2 Å². The van der Waals surface area contributed by atoms with Gasteiger partial charge in [-0.3, -0.25) is 0 Å². The lowest BCUT2D eigenvalue weighted by atomic mass is 10.1. The van der Waals surface area contributed by atoms with Gasteiger partial charge in [0.25, 0.3) is 0 Å². The molecule has 0 aromatic heterocycles. The maximum absolute atomic E-state index is 12.0. The number of rotatable bonds is 5. The Labute approximate surface area is 113 Å². The SMILES string of the molecule is CCOC(=O)c1c(N)cccc1CS(=O)(=O)C(C)C. The molecule has 6 heteroatoms. The normalized spacial score (nSPS) is 11.6. The number of carbonyl (C=O) groups excluding carboxylic acids is 1. The summed E-state index contributed by atoms with van der Waals surface area (Å²) in [6.07, 6.45) is 0. The number of nitrogens with two attached hydrogens (primary N) is 1. The van der Waals surface area contributed by atoms with Gasteiger partial charge < -0.3 is 10.5 Å². The van der Waals surface area contributed by atoms with Crippen LogP contribution in [-0.4, -0.2) is 26.2 Å². The topological polar surface area (TPSA) is 86.5 Å². The summed E-state index contributed by atoms with van der Waals surface area (Å²) in [5.74, 6) is -0.807. The summed E-state index contributed by atoms with van der Waals surface area (Å²) >= 11 is 0. The van der Waals surface area contributed by atoms with E-state index in [-0.39, 0.29) is 23.6 Å². The van der Waals surface area contributed by atoms with Crippen molar-refractivity contribution in [3.8, 4) is 0 Å². The summed E-state index contributed by atoms with van der Waals surface area (Å²) in [6, 6.07) is 4.77. The molecule has 0 aliphatic heterocycles. The summed E-state index contributed by atoms with van der Waals surface area (Å²) in [7, 11) is -3.30. The Kier molecular flexibility index (Phi) is 4.94. The fourth-order valence-electron chi connectivity index (χ4n) is 1.58. The van der Waals surface area contributed by atoms with Crippen LogP contribution in [0.5, 0.6) is 0 Å². The molecule has 2 N–H and O–H groups in total. The number of nitrogen functional groups attached to an aromatic ring is 1. The molecular formula is C13H19NO4S. The second-order valence-electron chi connectivity index (χ2n) is 4.46. The molecule has 0 heterocycles. The van der Waals surface area contributed by atoms with Crippen molar-refractivity contribution >= 4 is 21.5 Å². The highest BCUT2D eigenvalue weighted by molar-refractivity contribution is 7.91. The van der Waals surface area contributed by atoms with Crippen LogP contribution in [0.1, 0.15) is 36.7 Å². The fraction of sp³-hybridized carbons (Fsp3) is 0.462. The fourth-order valence-corrected chi connectivity index (χ4v) is 2.58. The van der Waals surface area contributed by atoms with Crippen LogP contribution in [0.4, 0.5) is 5.69 Å². The van der Waals surface area contributed by atoms with E-state index >= 15 is 0 Å². The molecule has 0 unspecified atom stereocenters. The number of hydrogen-bond donors (Lipinski definition) is 1. The maximum Gasteiger partial charge on any atom is 0.340 e. The summed E-state index contributed by atoms with van der Waals surface area (Å²) < 4.78 is 28.8. The van der Waals surface area contributed by atoms with Crippen LogP contribution >= 0.6 is 0 Å². The number of anilines is 1. The highest BCUT2D eigenvalue weighted by Gasteiger charge is 2.23. The van der Waals surface area contributed by atoms with Gasteiger partial charge in [0, 0.05) is 5.69 Å². The molecule has 0 bridgehead atoms. The Bertz CT molecular complexity index is 564. The van der Waals surface area contributed by atoms with Crippen LogP contribution in [0.3, 0.4) is 0 Å². The number of benzene rings is 1. The molecule has 0 fully saturated rings. The first-order valence-corrected chi connectivity index (χ1v) is 7.77. The molecule has 0 saturated heterocycles. The number of esters is 1. The van der Waals surface area contributed by atoms with Gasteiger partial charge in [-0.15, -0.1) is 0 Å². The summed E-state index contributed by atoms with van der Waals surface area (Å²) in [5, 5.41) is -0.510. The van der Waals surface area contributed by atoms with Gasteiger partial charge in [-0.25, -0.2) is 13.2 Å². The molecule has 1 aromatic carbocycles. The van der Waals surface area contributed by atoms with E-state index in [2.05, 4.69) is 0 Å². The van der Waals surface area contributed by atoms with E-state index in [1.165, 1.54) is 0 Å². The largest absolute Gasteiger partial charge is 0.462 e. The minimum Gasteiger partial charge on any atom is -0.462 e. The Morgan fingerprint density at radius 3 is 2.53 bits per heavy atom. The van der Waals surface area contributed by atoms with Gasteiger partial charge in [-0.2, -0.15) is 0 Å². The van der Waals surface area contributed by atoms with Crippen molar-refractivity contribution in [2.75, 3.05) is 12.3 Å². The highest BCUT2D eigenvalue weighted by atomic mass is 32.2. The smallest absolute Gasteiger partial charge is 0.340 e. The van der Waals surface area contributed by atoms with Crippen LogP contribution in [-0.2, 0) is 20.3 Å². The summed E-state index contributed by atoms with van der Waals surface area (Å²) in [6.45, 7) is 5.10. The van der Waals surface area contributed by atoms with Gasteiger partial charge in [-0.05, 0) is 32.4 Å². The van der Waals surface area contributed by atoms with Crippen molar-refractivity contribution in [1.82, 2.24) is 0 Å². The van der Waals surface area contributed by atoms with Crippen LogP contribution in [0.2, 0.25) is 0 Å². The van der Waals surface area contributed by atoms with Crippen molar-refractivity contribution in [2.45, 2.75) is 31.8 Å². The third-order valence-corrected chi connectivity index (χ3v) is 4.89. The number of sulfone groups is 1. The van der Waals surface area contributed by atoms with E-state index < -0.39 is 21.1 Å². The molecular weight excluding hydrogens is 266 g/mol. The molecule has 0 radical (unpaired) electrons. The lowest BCUT2D eigenvalue weighted by Gasteiger charge is -2.13. The molecule has 106 valence electrons. The lowest BCUT2D eigenvalue weighted by Crippen LogP contribution is -2.19. The van der Waals surface area contributed by atoms with Gasteiger partial charge in [-0.1, -0.05) is 12.1 Å². The first-order chi connectivity index (χ1) is 8.79. The molecule has 1 aromatic rings. The second-order valence-corrected chi connectivity index (χ2v) is 7.01. The van der Waals surface area contributed by atoms with E-state index in [1.54, 1.807) is 39.0 Å². The Morgan fingerprint density at radius 1 is 1.37 bits per heavy atom. The average Bonchev–Trinajstić information content (AvgIpc) is 2.28. The minimum absolute atomic E-state index is 0.147. The van der Waals surface area contributed by atoms with Crippen molar-refractivity contribution in [3.05, 3.63) is 29.3 Å². The number of ether oxygens (including phenoxy) is 1. The van der Waals surface area contributed by atoms with Crippen molar-refractivity contribution in [1.29, 1.82) is 0 Å². The molecule has 5 nitrogen and oxygen atoms in total. The van der Waals surface area contributed by atoms with E-state index in [9.17, 15) is 13.2 Å². The molecule has 1 rings (SSSR count). The van der Waals surface area contributed by atoms with Gasteiger partial charge in [0.2, 0.25) is 0 Å². The first kappa shape index (κ1) is 15.5. The number of hydrogen-bond acceptors (Lipinski definition) is 5. The molecule has 0 atom stereocenters. The monoisotopic (exact) mass is 285 g/mol. The van der Waals surface area contributed by atoms with E-state index in [0.29, 0.717) is 5.56 Å². The zero-order chi connectivity index (χ0) is 14.6. The Balaban J connectivity index is 3.22. The predicted molar refractivity (Wildman–Crippen MR) is 74.6 cm³/mol. The van der Waals surface area contributed by atoms with Crippen LogP contribution in [0.25, 0.3) is 0 Å². The van der Waals surface area contributed by atoms with Gasteiger partial charge in [0.15, 0.2) is 9.84 Å². The zero-order valence-corrected chi connectivity index (χ0v) is 12.2. The van der Waals surface area contributed by atoms with Crippen LogP contribution < -0.4 is 5.73 Å². The lowest BCUT2D eigenvalue weighted by molar-refractivity contribution is 0.0526. The molecule has 0 saturated carbocycles. The third-order valence-electron chi connectivity index (χ3n) is 2.74. The Hall–Kier alpha value is -1.56. The van der Waals surface area contributed by atoms with Gasteiger partial charge in [0.1, 0.15) is 0 Å². The van der Waals surface area contributed by atoms with Crippen molar-refractivity contribution in [3.63, 3.8) is 0 Å². The highest BCUT2D eigenvalue weighted by Crippen LogP contribution is 2.22. The van der Waals surface area contributed by atoms with Crippen molar-refractivity contribution < 1.29 is 17.9 Å². The van der Waals surface area contributed by atoms with Crippen LogP contribution in [0.15, 0.2) is 18.2 Å². The van der Waals surface area contributed by atoms with Gasteiger partial charge >= 0.3 is 5.97 Å². The summed E-state index contributed by atoms with van der Waals surface area (Å²) in [4.78, 5) is 11.8. The first-order valence-electron chi connectivity index (χ1n) is 6.05. The predicted octanol–water partition coefficient (Wildman–Crippen LogP) is 1.77. The molecule has 0 aliphatic carbocycles. The quantitative estimate of drug-likeness (QED) is 0.658. The zero-order valence-electron chi connectivity index (χ0n) is 11.3. The summed E-state index contributed by atoms with van der Waals surface area (Å²) in [5.41, 5.74) is 6.51. The van der Waals surface area contributed by atoms with E-state index in [1.807, 2.05) is 0 Å². The Morgan fingerprint density at radius 2 is 2.00 bits per heavy atom. The van der Waals surface area contributed by atoms with Crippen LogP contribution in [0, 0.1) is 0 Å². The van der Waals surface area contributed by atoms with E-state index in [4.69, 9.17) is 10.5 Å². The standard InChI is InChI=1S/C13H19NO4S/c1-4-18-13(15)12-10(6-5-7-11(12)14)8-19(16,17)9(2)3/h5-7,9H,4,8,14H2,1-3H3. The minimum atomic E-state index is -3.30. The second kappa shape index (κ2) is 6.06. The molecule has 0 amide bonds. The third kappa shape index (κ3) is 3.70. The van der Waals surface area contributed by atoms with E-state index in [0.717, 1.165) is 0 Å². The van der Waals surface area contributed by atoms with Crippen molar-refractivity contribution in [2.24, 2.45) is 0 Å². The number of carbonyl (C=O) groups is 1. The molecule has 19 heavy (non-hydrogen) atoms. The molecule has 0 spiro atoms. The maximum atomic E-state index is 12.0. The average molecular weight is 285 g/mol.